The largest absolute Gasteiger partial charge is 0.323 e. The molecule has 0 atom stereocenters. The molecular weight excluding hydrogens is 294 g/mol. The molecule has 21 heavy (non-hydrogen) atoms. The normalized spacial score (nSPS) is 10.0. The molecule has 0 spiro atoms. The molecule has 2 rings (SSSR count). The van der Waals surface area contributed by atoms with Crippen LogP contribution in [-0.4, -0.2) is 11.0 Å². The minimum absolute atomic E-state index is 0.152. The van der Waals surface area contributed by atoms with Gasteiger partial charge in [0, 0.05) is 16.8 Å². The number of nitro groups is 1. The van der Waals surface area contributed by atoms with Crippen LogP contribution in [0.25, 0.3) is 0 Å². The van der Waals surface area contributed by atoms with Gasteiger partial charge in [-0.1, -0.05) is 23.7 Å². The number of hydrogen-bond donors (Lipinski definition) is 2. The number of amides is 2. The van der Waals surface area contributed by atoms with Gasteiger partial charge in [-0.3, -0.25) is 10.1 Å². The SMILES string of the molecule is Cc1cccc([N+](=O)[O-])c1NC(=O)Nc1ccc(Cl)cc1. The molecule has 6 nitrogen and oxygen atoms in total. The van der Waals surface area contributed by atoms with Crippen LogP contribution in [0.3, 0.4) is 0 Å². The van der Waals surface area contributed by atoms with Crippen LogP contribution in [0.1, 0.15) is 5.56 Å². The lowest BCUT2D eigenvalue weighted by atomic mass is 10.1. The van der Waals surface area contributed by atoms with Crippen LogP contribution in [-0.2, 0) is 0 Å². The van der Waals surface area contributed by atoms with Crippen molar-refractivity contribution in [2.45, 2.75) is 6.92 Å². The molecule has 2 amide bonds. The number of anilines is 2. The van der Waals surface area contributed by atoms with E-state index in [-0.39, 0.29) is 11.4 Å². The van der Waals surface area contributed by atoms with E-state index in [9.17, 15) is 14.9 Å². The number of nitro benzene ring substituents is 1. The Morgan fingerprint density at radius 3 is 2.43 bits per heavy atom. The molecule has 0 saturated carbocycles. The first-order valence-corrected chi connectivity index (χ1v) is 6.43. The van der Waals surface area contributed by atoms with Gasteiger partial charge in [-0.25, -0.2) is 4.79 Å². The Bertz CT molecular complexity index is 686. The lowest BCUT2D eigenvalue weighted by molar-refractivity contribution is -0.383. The van der Waals surface area contributed by atoms with Gasteiger partial charge in [0.05, 0.1) is 4.92 Å². The third kappa shape index (κ3) is 3.70. The zero-order valence-electron chi connectivity index (χ0n) is 11.1. The van der Waals surface area contributed by atoms with Gasteiger partial charge in [0.2, 0.25) is 0 Å². The van der Waals surface area contributed by atoms with Crippen LogP contribution in [0.15, 0.2) is 42.5 Å². The summed E-state index contributed by atoms with van der Waals surface area (Å²) in [6, 6.07) is 10.6. The molecule has 0 unspecified atom stereocenters. The summed E-state index contributed by atoms with van der Waals surface area (Å²) in [5, 5.41) is 16.6. The van der Waals surface area contributed by atoms with Gasteiger partial charge in [-0.15, -0.1) is 0 Å². The van der Waals surface area contributed by atoms with E-state index in [0.717, 1.165) is 0 Å². The second-order valence-electron chi connectivity index (χ2n) is 4.31. The maximum absolute atomic E-state index is 11.9. The van der Waals surface area contributed by atoms with Crippen molar-refractivity contribution in [3.8, 4) is 0 Å². The van der Waals surface area contributed by atoms with E-state index in [1.165, 1.54) is 6.07 Å². The first-order chi connectivity index (χ1) is 9.97. The molecule has 0 aliphatic rings. The number of hydrogen-bond acceptors (Lipinski definition) is 3. The third-order valence-electron chi connectivity index (χ3n) is 2.79. The average molecular weight is 306 g/mol. The molecule has 0 heterocycles. The Labute approximate surface area is 125 Å². The highest BCUT2D eigenvalue weighted by molar-refractivity contribution is 6.30. The molecule has 0 aliphatic heterocycles. The van der Waals surface area contributed by atoms with Crippen molar-refractivity contribution in [3.63, 3.8) is 0 Å². The first-order valence-electron chi connectivity index (χ1n) is 6.05. The molecule has 0 aromatic heterocycles. The number of nitrogens with zero attached hydrogens (tertiary/aromatic N) is 1. The van der Waals surface area contributed by atoms with E-state index in [1.54, 1.807) is 43.3 Å². The van der Waals surface area contributed by atoms with E-state index in [0.29, 0.717) is 16.3 Å². The summed E-state index contributed by atoms with van der Waals surface area (Å²) >= 11 is 5.75. The standard InChI is InChI=1S/C14H12ClN3O3/c1-9-3-2-4-12(18(20)21)13(9)17-14(19)16-11-7-5-10(15)6-8-11/h2-8H,1H3,(H2,16,17,19). The summed E-state index contributed by atoms with van der Waals surface area (Å²) in [7, 11) is 0. The van der Waals surface area contributed by atoms with E-state index in [1.807, 2.05) is 0 Å². The molecular formula is C14H12ClN3O3. The molecule has 2 aromatic carbocycles. The van der Waals surface area contributed by atoms with Gasteiger partial charge in [0.1, 0.15) is 5.69 Å². The minimum Gasteiger partial charge on any atom is -0.308 e. The number of rotatable bonds is 3. The number of carbonyl (C=O) groups excluding carboxylic acids is 1. The molecule has 0 saturated heterocycles. The van der Waals surface area contributed by atoms with Gasteiger partial charge in [-0.2, -0.15) is 0 Å². The Morgan fingerprint density at radius 1 is 1.14 bits per heavy atom. The Balaban J connectivity index is 2.16. The highest BCUT2D eigenvalue weighted by Gasteiger charge is 2.17. The maximum atomic E-state index is 11.9. The second-order valence-corrected chi connectivity index (χ2v) is 4.75. The van der Waals surface area contributed by atoms with E-state index < -0.39 is 11.0 Å². The predicted molar refractivity (Wildman–Crippen MR) is 81.9 cm³/mol. The van der Waals surface area contributed by atoms with Gasteiger partial charge < -0.3 is 10.6 Å². The van der Waals surface area contributed by atoms with Crippen molar-refractivity contribution in [2.75, 3.05) is 10.6 Å². The number of nitrogens with one attached hydrogen (secondary N) is 2. The first kappa shape index (κ1) is 14.8. The van der Waals surface area contributed by atoms with Crippen LogP contribution in [0.4, 0.5) is 21.9 Å². The summed E-state index contributed by atoms with van der Waals surface area (Å²) < 4.78 is 0. The summed E-state index contributed by atoms with van der Waals surface area (Å²) in [6.45, 7) is 1.69. The predicted octanol–water partition coefficient (Wildman–Crippen LogP) is 4.20. The monoisotopic (exact) mass is 305 g/mol. The highest BCUT2D eigenvalue weighted by atomic mass is 35.5. The summed E-state index contributed by atoms with van der Waals surface area (Å²) in [6.07, 6.45) is 0. The van der Waals surface area contributed by atoms with Crippen LogP contribution >= 0.6 is 11.6 Å². The van der Waals surface area contributed by atoms with Crippen molar-refractivity contribution in [1.29, 1.82) is 0 Å². The molecule has 0 fully saturated rings. The topological polar surface area (TPSA) is 84.3 Å². The molecule has 108 valence electrons. The van der Waals surface area contributed by atoms with Crippen LogP contribution in [0, 0.1) is 17.0 Å². The number of halogens is 1. The third-order valence-corrected chi connectivity index (χ3v) is 3.04. The van der Waals surface area contributed by atoms with Gasteiger partial charge >= 0.3 is 6.03 Å². The van der Waals surface area contributed by atoms with Crippen molar-refractivity contribution in [1.82, 2.24) is 0 Å². The number of urea groups is 1. The fraction of sp³-hybridized carbons (Fsp3) is 0.0714. The van der Waals surface area contributed by atoms with Crippen LogP contribution < -0.4 is 10.6 Å². The number of carbonyl (C=O) groups is 1. The number of aryl methyl sites for hydroxylation is 1. The molecule has 2 aromatic rings. The average Bonchev–Trinajstić information content (AvgIpc) is 2.43. The zero-order valence-corrected chi connectivity index (χ0v) is 11.8. The molecule has 7 heteroatoms. The second kappa shape index (κ2) is 6.23. The summed E-state index contributed by atoms with van der Waals surface area (Å²) in [4.78, 5) is 22.3. The summed E-state index contributed by atoms with van der Waals surface area (Å²) in [5.41, 5.74) is 1.17. The van der Waals surface area contributed by atoms with Crippen LogP contribution in [0.5, 0.6) is 0 Å². The molecule has 0 aliphatic carbocycles. The maximum Gasteiger partial charge on any atom is 0.323 e. The van der Waals surface area contributed by atoms with Gasteiger partial charge in [-0.05, 0) is 36.8 Å². The van der Waals surface area contributed by atoms with Crippen LogP contribution in [0.2, 0.25) is 5.02 Å². The zero-order chi connectivity index (χ0) is 15.4. The fourth-order valence-electron chi connectivity index (χ4n) is 1.78. The lowest BCUT2D eigenvalue weighted by Crippen LogP contribution is -2.20. The summed E-state index contributed by atoms with van der Waals surface area (Å²) in [5.74, 6) is 0. The lowest BCUT2D eigenvalue weighted by Gasteiger charge is -2.10. The molecule has 2 N–H and O–H groups in total. The Kier molecular flexibility index (Phi) is 4.39. The highest BCUT2D eigenvalue weighted by Crippen LogP contribution is 2.27. The molecule has 0 bridgehead atoms. The Hall–Kier alpha value is -2.60. The van der Waals surface area contributed by atoms with E-state index in [2.05, 4.69) is 10.6 Å². The van der Waals surface area contributed by atoms with Gasteiger partial charge in [0.15, 0.2) is 0 Å². The smallest absolute Gasteiger partial charge is 0.308 e. The van der Waals surface area contributed by atoms with Crippen molar-refractivity contribution >= 4 is 34.7 Å². The van der Waals surface area contributed by atoms with E-state index in [4.69, 9.17) is 11.6 Å². The Morgan fingerprint density at radius 2 is 1.81 bits per heavy atom. The number of para-hydroxylation sites is 1. The van der Waals surface area contributed by atoms with Crippen molar-refractivity contribution in [3.05, 3.63) is 63.2 Å². The molecule has 0 radical (unpaired) electrons. The van der Waals surface area contributed by atoms with E-state index >= 15 is 0 Å². The minimum atomic E-state index is -0.560. The number of benzene rings is 2. The van der Waals surface area contributed by atoms with Gasteiger partial charge in [0.25, 0.3) is 5.69 Å². The fourth-order valence-corrected chi connectivity index (χ4v) is 1.90. The van der Waals surface area contributed by atoms with Crippen molar-refractivity contribution < 1.29 is 9.72 Å². The quantitative estimate of drug-likeness (QED) is 0.658. The van der Waals surface area contributed by atoms with Crippen molar-refractivity contribution in [2.24, 2.45) is 0 Å².